The van der Waals surface area contributed by atoms with Crippen molar-refractivity contribution in [3.05, 3.63) is 33.7 Å². The van der Waals surface area contributed by atoms with Crippen LogP contribution in [0, 0.1) is 0 Å². The van der Waals surface area contributed by atoms with Crippen LogP contribution in [0.15, 0.2) is 16.9 Å². The molecule has 6 nitrogen and oxygen atoms in total. The van der Waals surface area contributed by atoms with Crippen molar-refractivity contribution in [1.82, 2.24) is 14.2 Å². The van der Waals surface area contributed by atoms with E-state index in [4.69, 9.17) is 0 Å². The van der Waals surface area contributed by atoms with Gasteiger partial charge in [0.2, 0.25) is 10.0 Å². The molecule has 0 aromatic carbocycles. The molecule has 0 amide bonds. The number of rotatable bonds is 6. The number of fused-ring (bicyclic) bond motifs is 1. The van der Waals surface area contributed by atoms with Crippen LogP contribution >= 0.6 is 0 Å². The highest BCUT2D eigenvalue weighted by molar-refractivity contribution is 7.90. The fourth-order valence-electron chi connectivity index (χ4n) is 3.18. The Morgan fingerprint density at radius 1 is 1.26 bits per heavy atom. The number of aromatic nitrogens is 1. The molecular weight excluding hydrogens is 314 g/mol. The molecule has 1 aromatic heterocycles. The molecule has 7 heteroatoms. The second kappa shape index (κ2) is 6.37. The standard InChI is InChI=1S/C16H25N3O3S/c1-18(2)9-10-19-15-7-4-13(11-12(15)3-8-16(19)20)17-23(21,22)14-5-6-14/h3,8,13-14,17H,4-7,9-11H2,1-2H3/t13-/m0/s1. The Morgan fingerprint density at radius 2 is 2.00 bits per heavy atom. The number of nitrogens with zero attached hydrogens (tertiary/aromatic N) is 2. The third-order valence-electron chi connectivity index (χ3n) is 4.65. The van der Waals surface area contributed by atoms with E-state index in [9.17, 15) is 13.2 Å². The zero-order valence-corrected chi connectivity index (χ0v) is 14.6. The average Bonchev–Trinajstić information content (AvgIpc) is 3.31. The number of nitrogens with one attached hydrogen (secondary N) is 1. The Kier molecular flexibility index (Phi) is 4.62. The molecule has 1 aromatic rings. The zero-order chi connectivity index (χ0) is 16.6. The summed E-state index contributed by atoms with van der Waals surface area (Å²) in [4.78, 5) is 14.2. The Hall–Kier alpha value is -1.18. The SMILES string of the molecule is CN(C)CCn1c2c(ccc1=O)C[C@@H](NS(=O)(=O)C1CC1)CC2. The average molecular weight is 339 g/mol. The number of pyridine rings is 1. The lowest BCUT2D eigenvalue weighted by Crippen LogP contribution is -2.42. The van der Waals surface area contributed by atoms with Crippen LogP contribution in [-0.2, 0) is 29.4 Å². The van der Waals surface area contributed by atoms with Gasteiger partial charge in [0.25, 0.3) is 5.56 Å². The van der Waals surface area contributed by atoms with Gasteiger partial charge < -0.3 is 9.47 Å². The first-order chi connectivity index (χ1) is 10.9. The minimum absolute atomic E-state index is 0.0302. The maximum Gasteiger partial charge on any atom is 0.250 e. The molecule has 0 radical (unpaired) electrons. The van der Waals surface area contributed by atoms with Crippen molar-refractivity contribution in [2.45, 2.75) is 49.9 Å². The molecule has 1 fully saturated rings. The lowest BCUT2D eigenvalue weighted by Gasteiger charge is -2.28. The van der Waals surface area contributed by atoms with Crippen LogP contribution in [0.4, 0.5) is 0 Å². The van der Waals surface area contributed by atoms with E-state index in [2.05, 4.69) is 9.62 Å². The lowest BCUT2D eigenvalue weighted by molar-refractivity contribution is 0.373. The van der Waals surface area contributed by atoms with Gasteiger partial charge in [-0.25, -0.2) is 13.1 Å². The van der Waals surface area contributed by atoms with E-state index in [0.29, 0.717) is 13.0 Å². The molecule has 0 saturated heterocycles. The molecule has 1 N–H and O–H groups in total. The summed E-state index contributed by atoms with van der Waals surface area (Å²) in [7, 11) is 0.824. The number of likely N-dealkylation sites (N-methyl/N-ethyl adjacent to an activating group) is 1. The highest BCUT2D eigenvalue weighted by atomic mass is 32.2. The van der Waals surface area contributed by atoms with Gasteiger partial charge in [0.05, 0.1) is 5.25 Å². The van der Waals surface area contributed by atoms with Crippen molar-refractivity contribution in [2.75, 3.05) is 20.6 Å². The summed E-state index contributed by atoms with van der Waals surface area (Å²) >= 11 is 0. The third kappa shape index (κ3) is 3.84. The minimum Gasteiger partial charge on any atom is -0.311 e. The van der Waals surface area contributed by atoms with E-state index in [1.165, 1.54) is 0 Å². The lowest BCUT2D eigenvalue weighted by atomic mass is 9.92. The highest BCUT2D eigenvalue weighted by Crippen LogP contribution is 2.29. The summed E-state index contributed by atoms with van der Waals surface area (Å²) in [5, 5.41) is -0.182. The molecule has 0 bridgehead atoms. The smallest absolute Gasteiger partial charge is 0.250 e. The number of sulfonamides is 1. The Balaban J connectivity index is 1.76. The Morgan fingerprint density at radius 3 is 2.65 bits per heavy atom. The zero-order valence-electron chi connectivity index (χ0n) is 13.8. The maximum absolute atomic E-state index is 12.1. The predicted octanol–water partition coefficient (Wildman–Crippen LogP) is 0.349. The predicted molar refractivity (Wildman–Crippen MR) is 90.1 cm³/mol. The van der Waals surface area contributed by atoms with Gasteiger partial charge in [-0.1, -0.05) is 6.07 Å². The number of hydrogen-bond donors (Lipinski definition) is 1. The van der Waals surface area contributed by atoms with Crippen LogP contribution in [0.5, 0.6) is 0 Å². The molecule has 0 aliphatic heterocycles. The van der Waals surface area contributed by atoms with Crippen LogP contribution in [0.3, 0.4) is 0 Å². The minimum atomic E-state index is -3.15. The van der Waals surface area contributed by atoms with Gasteiger partial charge in [-0.15, -0.1) is 0 Å². The molecule has 1 saturated carbocycles. The van der Waals surface area contributed by atoms with Gasteiger partial charge in [0, 0.05) is 30.9 Å². The summed E-state index contributed by atoms with van der Waals surface area (Å²) in [5.41, 5.74) is 2.20. The molecule has 2 aliphatic rings. The normalized spacial score (nSPS) is 21.4. The van der Waals surface area contributed by atoms with E-state index in [1.54, 1.807) is 6.07 Å². The van der Waals surface area contributed by atoms with Crippen LogP contribution < -0.4 is 10.3 Å². The first-order valence-corrected chi connectivity index (χ1v) is 9.79. The van der Waals surface area contributed by atoms with E-state index >= 15 is 0 Å². The van der Waals surface area contributed by atoms with Gasteiger partial charge in [-0.2, -0.15) is 0 Å². The number of hydrogen-bond acceptors (Lipinski definition) is 4. The van der Waals surface area contributed by atoms with Gasteiger partial charge in [-0.05, 0) is 51.8 Å². The molecule has 3 rings (SSSR count). The molecule has 23 heavy (non-hydrogen) atoms. The van der Waals surface area contributed by atoms with Crippen molar-refractivity contribution in [2.24, 2.45) is 0 Å². The van der Waals surface area contributed by atoms with Gasteiger partial charge in [0.15, 0.2) is 0 Å². The van der Waals surface area contributed by atoms with Crippen LogP contribution in [0.2, 0.25) is 0 Å². The summed E-state index contributed by atoms with van der Waals surface area (Å²) in [5.74, 6) is 0. The Labute approximate surface area is 137 Å². The van der Waals surface area contributed by atoms with Crippen LogP contribution in [-0.4, -0.2) is 49.8 Å². The monoisotopic (exact) mass is 339 g/mol. The second-order valence-corrected chi connectivity index (χ2v) is 8.89. The van der Waals surface area contributed by atoms with E-state index in [0.717, 1.165) is 43.5 Å². The summed E-state index contributed by atoms with van der Waals surface area (Å²) < 4.78 is 28.9. The molecular formula is C16H25N3O3S. The Bertz CT molecular complexity index is 735. The molecule has 1 atom stereocenters. The van der Waals surface area contributed by atoms with Crippen molar-refractivity contribution < 1.29 is 8.42 Å². The van der Waals surface area contributed by atoms with Crippen molar-refractivity contribution in [3.63, 3.8) is 0 Å². The topological polar surface area (TPSA) is 71.4 Å². The quantitative estimate of drug-likeness (QED) is 0.812. The van der Waals surface area contributed by atoms with E-state index < -0.39 is 10.0 Å². The molecule has 0 unspecified atom stereocenters. The van der Waals surface area contributed by atoms with E-state index in [1.807, 2.05) is 24.7 Å². The summed E-state index contributed by atoms with van der Waals surface area (Å²) in [6.07, 6.45) is 3.73. The van der Waals surface area contributed by atoms with Gasteiger partial charge >= 0.3 is 0 Å². The van der Waals surface area contributed by atoms with Gasteiger partial charge in [0.1, 0.15) is 0 Å². The first-order valence-electron chi connectivity index (χ1n) is 8.24. The fourth-order valence-corrected chi connectivity index (χ4v) is 4.79. The summed E-state index contributed by atoms with van der Waals surface area (Å²) in [6.45, 7) is 1.49. The maximum atomic E-state index is 12.1. The summed E-state index contributed by atoms with van der Waals surface area (Å²) in [6, 6.07) is 3.42. The van der Waals surface area contributed by atoms with Crippen LogP contribution in [0.25, 0.3) is 0 Å². The van der Waals surface area contributed by atoms with Crippen LogP contribution in [0.1, 0.15) is 30.5 Å². The highest BCUT2D eigenvalue weighted by Gasteiger charge is 2.37. The molecule has 2 aliphatic carbocycles. The first kappa shape index (κ1) is 16.7. The molecule has 0 spiro atoms. The van der Waals surface area contributed by atoms with Gasteiger partial charge in [-0.3, -0.25) is 4.79 Å². The van der Waals surface area contributed by atoms with Crippen molar-refractivity contribution in [3.8, 4) is 0 Å². The van der Waals surface area contributed by atoms with Crippen molar-refractivity contribution >= 4 is 10.0 Å². The van der Waals surface area contributed by atoms with E-state index in [-0.39, 0.29) is 16.9 Å². The fraction of sp³-hybridized carbons (Fsp3) is 0.688. The second-order valence-electron chi connectivity index (χ2n) is 6.90. The molecule has 128 valence electrons. The third-order valence-corrected chi connectivity index (χ3v) is 6.66. The molecule has 1 heterocycles. The van der Waals surface area contributed by atoms with Crippen molar-refractivity contribution in [1.29, 1.82) is 0 Å². The largest absolute Gasteiger partial charge is 0.311 e.